The zero-order valence-corrected chi connectivity index (χ0v) is 20.2. The molecule has 4 aromatic rings. The fraction of sp³-hybridized carbons (Fsp3) is 0.360. The van der Waals surface area contributed by atoms with E-state index in [4.69, 9.17) is 4.74 Å². The van der Waals surface area contributed by atoms with Crippen LogP contribution in [-0.2, 0) is 4.74 Å². The molecule has 5 rings (SSSR count). The number of amides is 1. The Morgan fingerprint density at radius 2 is 2.09 bits per heavy atom. The molecule has 0 bridgehead atoms. The van der Waals surface area contributed by atoms with Crippen LogP contribution in [0.2, 0.25) is 0 Å². The summed E-state index contributed by atoms with van der Waals surface area (Å²) in [6.07, 6.45) is 4.72. The van der Waals surface area contributed by atoms with E-state index in [0.29, 0.717) is 29.3 Å². The smallest absolute Gasteiger partial charge is 0.410 e. The third-order valence-corrected chi connectivity index (χ3v) is 6.73. The maximum Gasteiger partial charge on any atom is 0.410 e. The first-order chi connectivity index (χ1) is 16.3. The van der Waals surface area contributed by atoms with Gasteiger partial charge in [-0.15, -0.1) is 0 Å². The van der Waals surface area contributed by atoms with E-state index in [1.807, 2.05) is 45.0 Å². The Morgan fingerprint density at radius 1 is 1.24 bits per heavy atom. The number of benzene rings is 2. The number of carbonyl (C=O) groups excluding carboxylic acids is 1. The zero-order valence-electron chi connectivity index (χ0n) is 19.3. The van der Waals surface area contributed by atoms with Crippen LogP contribution in [0, 0.1) is 5.82 Å². The van der Waals surface area contributed by atoms with Gasteiger partial charge in [0.15, 0.2) is 5.82 Å². The van der Waals surface area contributed by atoms with Gasteiger partial charge in [-0.2, -0.15) is 4.37 Å². The summed E-state index contributed by atoms with van der Waals surface area (Å²) in [5.41, 5.74) is 1.68. The highest BCUT2D eigenvalue weighted by Gasteiger charge is 2.28. The van der Waals surface area contributed by atoms with Crippen molar-refractivity contribution < 1.29 is 13.9 Å². The van der Waals surface area contributed by atoms with Gasteiger partial charge in [0.05, 0.1) is 15.9 Å². The number of nitrogens with one attached hydrogen (secondary N) is 1. The molecular formula is C25H26FN5O2S. The van der Waals surface area contributed by atoms with Crippen molar-refractivity contribution in [3.63, 3.8) is 0 Å². The molecule has 2 aromatic carbocycles. The van der Waals surface area contributed by atoms with Crippen molar-refractivity contribution in [3.05, 3.63) is 54.2 Å². The van der Waals surface area contributed by atoms with E-state index in [1.165, 1.54) is 6.33 Å². The molecule has 2 aromatic heterocycles. The van der Waals surface area contributed by atoms with Gasteiger partial charge in [0, 0.05) is 36.0 Å². The van der Waals surface area contributed by atoms with Gasteiger partial charge >= 0.3 is 6.09 Å². The molecule has 1 fully saturated rings. The summed E-state index contributed by atoms with van der Waals surface area (Å²) in [5, 5.41) is 4.73. The molecule has 0 saturated carbocycles. The molecule has 9 heteroatoms. The summed E-state index contributed by atoms with van der Waals surface area (Å²) in [5.74, 6) is 0.363. The zero-order chi connectivity index (χ0) is 23.9. The van der Waals surface area contributed by atoms with Crippen LogP contribution in [0.4, 0.5) is 20.7 Å². The second-order valence-electron chi connectivity index (χ2n) is 9.56. The van der Waals surface area contributed by atoms with Gasteiger partial charge in [0.1, 0.15) is 17.7 Å². The van der Waals surface area contributed by atoms with Crippen LogP contribution < -0.4 is 5.32 Å². The van der Waals surface area contributed by atoms with Crippen molar-refractivity contribution in [3.8, 4) is 0 Å². The Morgan fingerprint density at radius 3 is 2.91 bits per heavy atom. The van der Waals surface area contributed by atoms with Gasteiger partial charge in [0.25, 0.3) is 0 Å². The Balaban J connectivity index is 1.43. The van der Waals surface area contributed by atoms with Gasteiger partial charge < -0.3 is 15.0 Å². The fourth-order valence-electron chi connectivity index (χ4n) is 4.29. The molecule has 7 nitrogen and oxygen atoms in total. The molecule has 34 heavy (non-hydrogen) atoms. The molecule has 1 aliphatic heterocycles. The lowest BCUT2D eigenvalue weighted by Crippen LogP contribution is -2.42. The monoisotopic (exact) mass is 479 g/mol. The molecule has 1 saturated heterocycles. The van der Waals surface area contributed by atoms with Gasteiger partial charge in [-0.3, -0.25) is 0 Å². The van der Waals surface area contributed by atoms with E-state index in [0.717, 1.165) is 46.2 Å². The van der Waals surface area contributed by atoms with Gasteiger partial charge in [-0.05, 0) is 75.0 Å². The minimum absolute atomic E-state index is 0.170. The number of hydrogen-bond donors (Lipinski definition) is 1. The highest BCUT2D eigenvalue weighted by molar-refractivity contribution is 7.13. The quantitative estimate of drug-likeness (QED) is 0.375. The number of likely N-dealkylation sites (tertiary alicyclic amines) is 1. The minimum Gasteiger partial charge on any atom is -0.444 e. The summed E-state index contributed by atoms with van der Waals surface area (Å²) in [6.45, 7) is 6.90. The van der Waals surface area contributed by atoms with Crippen LogP contribution in [0.15, 0.2) is 42.9 Å². The second kappa shape index (κ2) is 8.79. The topological polar surface area (TPSA) is 80.2 Å². The average molecular weight is 480 g/mol. The van der Waals surface area contributed by atoms with Crippen LogP contribution in [0.5, 0.6) is 0 Å². The van der Waals surface area contributed by atoms with Crippen molar-refractivity contribution >= 4 is 50.1 Å². The maximum atomic E-state index is 15.0. The lowest BCUT2D eigenvalue weighted by Gasteiger charge is -2.34. The van der Waals surface area contributed by atoms with E-state index >= 15 is 4.39 Å². The number of hydrogen-bond acceptors (Lipinski definition) is 7. The average Bonchev–Trinajstić information content (AvgIpc) is 3.29. The number of anilines is 2. The Hall–Kier alpha value is -3.33. The van der Waals surface area contributed by atoms with Crippen molar-refractivity contribution in [1.82, 2.24) is 19.2 Å². The molecule has 3 heterocycles. The highest BCUT2D eigenvalue weighted by atomic mass is 32.1. The van der Waals surface area contributed by atoms with Crippen molar-refractivity contribution in [2.75, 3.05) is 18.4 Å². The first-order valence-corrected chi connectivity index (χ1v) is 12.1. The molecule has 1 atom stereocenters. The number of piperidine rings is 1. The molecule has 0 radical (unpaired) electrons. The SMILES string of the molecule is CC(C)(C)OC(=O)N1CCC[C@H](c2ccc3ncnc(Nc4ccc5cnsc5c4F)c3c2)C1. The molecule has 1 aliphatic rings. The number of rotatable bonds is 3. The number of carbonyl (C=O) groups is 1. The van der Waals surface area contributed by atoms with Crippen LogP contribution in [0.25, 0.3) is 21.0 Å². The standard InChI is InChI=1S/C25H26FN5O2S/c1-25(2,3)33-24(32)31-10-4-5-17(13-31)15-6-8-19-18(11-15)23(28-14-27-19)30-20-9-7-16-12-29-34-22(16)21(20)26/h6-9,11-12,14,17H,4-5,10,13H2,1-3H3,(H,27,28,30)/t17-/m0/s1. The number of halogens is 1. The first kappa shape index (κ1) is 22.5. The Bertz CT molecular complexity index is 1370. The summed E-state index contributed by atoms with van der Waals surface area (Å²) in [4.78, 5) is 23.2. The van der Waals surface area contributed by atoms with E-state index in [-0.39, 0.29) is 17.8 Å². The largest absolute Gasteiger partial charge is 0.444 e. The molecule has 176 valence electrons. The lowest BCUT2D eigenvalue weighted by molar-refractivity contribution is 0.0198. The second-order valence-corrected chi connectivity index (χ2v) is 10.4. The number of fused-ring (bicyclic) bond motifs is 2. The van der Waals surface area contributed by atoms with Gasteiger partial charge in [-0.25, -0.2) is 19.2 Å². The normalized spacial score (nSPS) is 16.7. The summed E-state index contributed by atoms with van der Waals surface area (Å²) < 4.78 is 25.2. The van der Waals surface area contributed by atoms with Crippen molar-refractivity contribution in [1.29, 1.82) is 0 Å². The number of ether oxygens (including phenoxy) is 1. The maximum absolute atomic E-state index is 15.0. The third-order valence-electron chi connectivity index (χ3n) is 5.92. The van der Waals surface area contributed by atoms with E-state index in [9.17, 15) is 4.79 Å². The van der Waals surface area contributed by atoms with E-state index in [1.54, 1.807) is 17.2 Å². The predicted molar refractivity (Wildman–Crippen MR) is 132 cm³/mol. The summed E-state index contributed by atoms with van der Waals surface area (Å²) in [6, 6.07) is 9.58. The van der Waals surface area contributed by atoms with E-state index in [2.05, 4.69) is 19.7 Å². The minimum atomic E-state index is -0.525. The van der Waals surface area contributed by atoms with Crippen LogP contribution in [0.3, 0.4) is 0 Å². The lowest BCUT2D eigenvalue weighted by atomic mass is 9.90. The highest BCUT2D eigenvalue weighted by Crippen LogP contribution is 2.34. The van der Waals surface area contributed by atoms with Gasteiger partial charge in [-0.1, -0.05) is 6.07 Å². The summed E-state index contributed by atoms with van der Waals surface area (Å²) in [7, 11) is 0. The van der Waals surface area contributed by atoms with Crippen molar-refractivity contribution in [2.24, 2.45) is 0 Å². The van der Waals surface area contributed by atoms with Crippen LogP contribution >= 0.6 is 11.5 Å². The van der Waals surface area contributed by atoms with Crippen LogP contribution in [-0.4, -0.2) is 44.0 Å². The van der Waals surface area contributed by atoms with E-state index < -0.39 is 5.60 Å². The molecule has 0 spiro atoms. The predicted octanol–water partition coefficient (Wildman–Crippen LogP) is 6.24. The van der Waals surface area contributed by atoms with Crippen molar-refractivity contribution in [2.45, 2.75) is 45.1 Å². The summed E-state index contributed by atoms with van der Waals surface area (Å²) >= 11 is 1.13. The Kier molecular flexibility index (Phi) is 5.81. The first-order valence-electron chi connectivity index (χ1n) is 11.3. The molecule has 0 unspecified atom stereocenters. The third kappa shape index (κ3) is 4.52. The van der Waals surface area contributed by atoms with Crippen LogP contribution in [0.1, 0.15) is 45.1 Å². The molecule has 1 amide bonds. The molecule has 0 aliphatic carbocycles. The van der Waals surface area contributed by atoms with Gasteiger partial charge in [0.2, 0.25) is 0 Å². The number of aromatic nitrogens is 3. The molecular weight excluding hydrogens is 453 g/mol. The molecule has 1 N–H and O–H groups in total. The fourth-order valence-corrected chi connectivity index (χ4v) is 4.98. The Labute approximate surface area is 201 Å². The number of nitrogens with zero attached hydrogens (tertiary/aromatic N) is 4.